The van der Waals surface area contributed by atoms with Gasteiger partial charge in [0.15, 0.2) is 0 Å². The van der Waals surface area contributed by atoms with Gasteiger partial charge in [0.25, 0.3) is 0 Å². The Morgan fingerprint density at radius 1 is 0.500 bits per heavy atom. The van der Waals surface area contributed by atoms with E-state index in [0.717, 1.165) is 13.0 Å². The van der Waals surface area contributed by atoms with Crippen LogP contribution in [0.2, 0.25) is 0 Å². The second-order valence-corrected chi connectivity index (χ2v) is 14.5. The van der Waals surface area contributed by atoms with E-state index in [1.807, 2.05) is 0 Å². The molecule has 1 unspecified atom stereocenters. The van der Waals surface area contributed by atoms with Crippen LogP contribution in [-0.2, 0) is 6.42 Å². The van der Waals surface area contributed by atoms with Crippen molar-refractivity contribution in [1.29, 1.82) is 0 Å². The van der Waals surface area contributed by atoms with Gasteiger partial charge in [-0.2, -0.15) is 0 Å². The highest BCUT2D eigenvalue weighted by atomic mass is 31.1. The molecule has 1 nitrogen and oxygen atoms in total. The molecule has 6 rings (SSSR count). The van der Waals surface area contributed by atoms with Gasteiger partial charge in [0, 0.05) is 14.6 Å². The van der Waals surface area contributed by atoms with Gasteiger partial charge >= 0.3 is 0 Å². The molecule has 1 aliphatic rings. The molecular formula is C35H33NP2. The smallest absolute Gasteiger partial charge is 0.0572 e. The number of nitrogens with zero attached hydrogens (tertiary/aromatic N) is 1. The molecule has 0 aliphatic carbocycles. The molecule has 0 N–H and O–H groups in total. The average Bonchev–Trinajstić information content (AvgIpc) is 3.39. The van der Waals surface area contributed by atoms with E-state index in [2.05, 4.69) is 156 Å². The summed E-state index contributed by atoms with van der Waals surface area (Å²) >= 11 is 0. The van der Waals surface area contributed by atoms with E-state index < -0.39 is 16.0 Å². The monoisotopic (exact) mass is 529 g/mol. The Hall–Kier alpha value is -3.08. The fourth-order valence-electron chi connectivity index (χ4n) is 5.89. The van der Waals surface area contributed by atoms with Crippen molar-refractivity contribution in [3.8, 4) is 0 Å². The lowest BCUT2D eigenvalue weighted by Crippen LogP contribution is -2.48. The molecule has 5 aromatic carbocycles. The lowest BCUT2D eigenvalue weighted by molar-refractivity contribution is 0.375. The Kier molecular flexibility index (Phi) is 7.80. The zero-order chi connectivity index (χ0) is 25.6. The van der Waals surface area contributed by atoms with E-state index in [1.165, 1.54) is 39.6 Å². The van der Waals surface area contributed by atoms with Crippen LogP contribution in [0.3, 0.4) is 0 Å². The summed E-state index contributed by atoms with van der Waals surface area (Å²) in [7, 11) is -1.37. The molecule has 1 fully saturated rings. The summed E-state index contributed by atoms with van der Waals surface area (Å²) in [4.78, 5) is 0. The number of hydrogen-bond donors (Lipinski definition) is 0. The number of hydrogen-bond acceptors (Lipinski definition) is 1. The standard InChI is InChI=1S/C35H33NP2/c1-6-17-30(18-7-1)29-35(37(31-19-8-2-9-20-31)32-21-10-3-11-22-32)27-16-28-36(35)38(33-23-12-4-13-24-33)34-25-14-5-15-26-34/h1-15,17-26H,16,27-29H2. The van der Waals surface area contributed by atoms with E-state index in [-0.39, 0.29) is 5.28 Å². The lowest BCUT2D eigenvalue weighted by Gasteiger charge is -2.49. The van der Waals surface area contributed by atoms with E-state index in [4.69, 9.17) is 0 Å². The Balaban J connectivity index is 1.59. The molecule has 1 saturated heterocycles. The van der Waals surface area contributed by atoms with Crippen LogP contribution in [0.15, 0.2) is 152 Å². The first kappa shape index (κ1) is 25.2. The van der Waals surface area contributed by atoms with Gasteiger partial charge in [0.1, 0.15) is 0 Å². The molecule has 1 aliphatic heterocycles. The normalized spacial score (nSPS) is 17.7. The topological polar surface area (TPSA) is 3.24 Å². The van der Waals surface area contributed by atoms with Crippen molar-refractivity contribution in [2.24, 2.45) is 0 Å². The van der Waals surface area contributed by atoms with Crippen molar-refractivity contribution in [2.75, 3.05) is 6.54 Å². The van der Waals surface area contributed by atoms with Gasteiger partial charge in [-0.05, 0) is 54.0 Å². The number of rotatable bonds is 8. The van der Waals surface area contributed by atoms with Crippen molar-refractivity contribution >= 4 is 37.2 Å². The van der Waals surface area contributed by atoms with Crippen LogP contribution < -0.4 is 21.2 Å². The summed E-state index contributed by atoms with van der Waals surface area (Å²) in [6.45, 7) is 1.11. The van der Waals surface area contributed by atoms with Crippen molar-refractivity contribution < 1.29 is 0 Å². The van der Waals surface area contributed by atoms with Crippen LogP contribution >= 0.6 is 16.0 Å². The summed E-state index contributed by atoms with van der Waals surface area (Å²) in [6.07, 6.45) is 3.45. The second-order valence-electron chi connectivity index (χ2n) is 9.86. The zero-order valence-electron chi connectivity index (χ0n) is 21.6. The van der Waals surface area contributed by atoms with Crippen LogP contribution in [0.5, 0.6) is 0 Å². The van der Waals surface area contributed by atoms with Gasteiger partial charge in [0.2, 0.25) is 0 Å². The van der Waals surface area contributed by atoms with E-state index in [1.54, 1.807) is 0 Å². The zero-order valence-corrected chi connectivity index (χ0v) is 23.4. The van der Waals surface area contributed by atoms with Gasteiger partial charge in [-0.15, -0.1) is 0 Å². The highest BCUT2D eigenvalue weighted by Gasteiger charge is 2.51. The molecule has 0 radical (unpaired) electrons. The molecule has 0 aromatic heterocycles. The van der Waals surface area contributed by atoms with Gasteiger partial charge in [-0.1, -0.05) is 152 Å². The Morgan fingerprint density at radius 2 is 0.895 bits per heavy atom. The molecule has 188 valence electrons. The van der Waals surface area contributed by atoms with E-state index in [9.17, 15) is 0 Å². The maximum Gasteiger partial charge on any atom is 0.0572 e. The first-order chi connectivity index (χ1) is 18.9. The fourth-order valence-corrected chi connectivity index (χ4v) is 12.3. The maximum atomic E-state index is 2.95. The predicted octanol–water partition coefficient (Wildman–Crippen LogP) is 7.20. The van der Waals surface area contributed by atoms with Crippen LogP contribution in [0.25, 0.3) is 0 Å². The van der Waals surface area contributed by atoms with Crippen LogP contribution in [0.1, 0.15) is 18.4 Å². The first-order valence-electron chi connectivity index (χ1n) is 13.5. The minimum Gasteiger partial charge on any atom is -0.264 e. The largest absolute Gasteiger partial charge is 0.264 e. The minimum atomic E-state index is -0.700. The molecule has 5 aromatic rings. The summed E-state index contributed by atoms with van der Waals surface area (Å²) in [5, 5.41) is 5.80. The average molecular weight is 530 g/mol. The highest BCUT2D eigenvalue weighted by Crippen LogP contribution is 2.63. The summed E-state index contributed by atoms with van der Waals surface area (Å²) in [5.74, 6) is 0. The second kappa shape index (κ2) is 11.8. The molecule has 3 heteroatoms. The molecule has 1 atom stereocenters. The molecular weight excluding hydrogens is 496 g/mol. The quantitative estimate of drug-likeness (QED) is 0.192. The minimum absolute atomic E-state index is 0.00319. The van der Waals surface area contributed by atoms with Gasteiger partial charge in [0.05, 0.1) is 5.28 Å². The van der Waals surface area contributed by atoms with Crippen LogP contribution in [-0.4, -0.2) is 16.5 Å². The third kappa shape index (κ3) is 5.12. The third-order valence-corrected chi connectivity index (χ3v) is 13.3. The Labute approximate surface area is 229 Å². The lowest BCUT2D eigenvalue weighted by atomic mass is 10.0. The molecule has 1 heterocycles. The van der Waals surface area contributed by atoms with Gasteiger partial charge in [-0.25, -0.2) is 0 Å². The van der Waals surface area contributed by atoms with Crippen molar-refractivity contribution in [2.45, 2.75) is 24.5 Å². The maximum absolute atomic E-state index is 2.95. The van der Waals surface area contributed by atoms with E-state index >= 15 is 0 Å². The Morgan fingerprint density at radius 3 is 1.34 bits per heavy atom. The van der Waals surface area contributed by atoms with E-state index in [0.29, 0.717) is 0 Å². The van der Waals surface area contributed by atoms with Gasteiger partial charge < -0.3 is 0 Å². The molecule has 38 heavy (non-hydrogen) atoms. The fraction of sp³-hybridized carbons (Fsp3) is 0.143. The molecule has 0 amide bonds. The summed E-state index contributed by atoms with van der Waals surface area (Å²) in [5.41, 5.74) is 1.43. The van der Waals surface area contributed by atoms with Crippen molar-refractivity contribution in [3.05, 3.63) is 157 Å². The van der Waals surface area contributed by atoms with Crippen molar-refractivity contribution in [3.63, 3.8) is 0 Å². The third-order valence-electron chi connectivity index (χ3n) is 7.45. The Bertz CT molecular complexity index is 1330. The highest BCUT2D eigenvalue weighted by molar-refractivity contribution is 7.76. The summed E-state index contributed by atoms with van der Waals surface area (Å²) < 4.78 is 2.95. The summed E-state index contributed by atoms with van der Waals surface area (Å²) in [6, 6.07) is 56.4. The van der Waals surface area contributed by atoms with Gasteiger partial charge in [-0.3, -0.25) is 4.67 Å². The molecule has 0 spiro atoms. The molecule has 0 bridgehead atoms. The first-order valence-corrected chi connectivity index (χ1v) is 16.1. The predicted molar refractivity (Wildman–Crippen MR) is 167 cm³/mol. The SMILES string of the molecule is c1ccc(CC2(P(c3ccccc3)c3ccccc3)CCCN2P(c2ccccc2)c2ccccc2)cc1. The number of benzene rings is 5. The molecule has 0 saturated carbocycles. The van der Waals surface area contributed by atoms with Crippen LogP contribution in [0, 0.1) is 0 Å². The van der Waals surface area contributed by atoms with Crippen molar-refractivity contribution in [1.82, 2.24) is 4.67 Å². The van der Waals surface area contributed by atoms with Crippen LogP contribution in [0.4, 0.5) is 0 Å².